The van der Waals surface area contributed by atoms with Crippen molar-refractivity contribution in [2.24, 2.45) is 0 Å². The van der Waals surface area contributed by atoms with E-state index in [2.05, 4.69) is 26.3 Å². The molecular formula is C28H40F2N6O10. The Morgan fingerprint density at radius 3 is 2.37 bits per heavy atom. The maximum absolute atomic E-state index is 14.3. The molecule has 2 aromatic rings. The van der Waals surface area contributed by atoms with Crippen molar-refractivity contribution in [3.8, 4) is 11.4 Å². The molecule has 0 aliphatic carbocycles. The van der Waals surface area contributed by atoms with Crippen molar-refractivity contribution in [2.45, 2.75) is 102 Å². The molecule has 0 radical (unpaired) electrons. The highest BCUT2D eigenvalue weighted by Crippen LogP contribution is 2.39. The Labute approximate surface area is 262 Å². The summed E-state index contributed by atoms with van der Waals surface area (Å²) < 4.78 is 40.9. The van der Waals surface area contributed by atoms with E-state index in [9.17, 15) is 48.7 Å². The smallest absolute Gasteiger partial charge is 0.377 e. The predicted molar refractivity (Wildman–Crippen MR) is 154 cm³/mol. The van der Waals surface area contributed by atoms with E-state index < -0.39 is 96.0 Å². The Kier molecular flexibility index (Phi) is 10.9. The normalized spacial score (nSPS) is 23.4. The molecule has 1 aliphatic heterocycles. The van der Waals surface area contributed by atoms with Crippen LogP contribution in [0.25, 0.3) is 5.69 Å². The average molecular weight is 659 g/mol. The molecule has 0 unspecified atom stereocenters. The Morgan fingerprint density at radius 2 is 1.83 bits per heavy atom. The van der Waals surface area contributed by atoms with Crippen LogP contribution in [0.5, 0.6) is 5.75 Å². The van der Waals surface area contributed by atoms with Gasteiger partial charge in [0.1, 0.15) is 29.8 Å². The van der Waals surface area contributed by atoms with Crippen molar-refractivity contribution >= 4 is 17.9 Å². The van der Waals surface area contributed by atoms with E-state index in [1.165, 1.54) is 12.3 Å². The zero-order valence-corrected chi connectivity index (χ0v) is 26.1. The lowest BCUT2D eigenvalue weighted by molar-refractivity contribution is -0.284. The van der Waals surface area contributed by atoms with E-state index in [1.54, 1.807) is 34.6 Å². The fourth-order valence-corrected chi connectivity index (χ4v) is 4.75. The van der Waals surface area contributed by atoms with Crippen LogP contribution in [0.1, 0.15) is 65.6 Å². The Bertz CT molecular complexity index is 1420. The van der Waals surface area contributed by atoms with Crippen LogP contribution in [0, 0.1) is 0 Å². The van der Waals surface area contributed by atoms with Gasteiger partial charge in [0.05, 0.1) is 48.2 Å². The Balaban J connectivity index is 1.96. The van der Waals surface area contributed by atoms with Crippen LogP contribution in [0.3, 0.4) is 0 Å². The molecule has 0 bridgehead atoms. The Hall–Kier alpha value is -3.97. The van der Waals surface area contributed by atoms with Gasteiger partial charge in [-0.1, -0.05) is 5.21 Å². The number of nitrogens with zero attached hydrogens (tertiary/aromatic N) is 3. The first-order valence-electron chi connectivity index (χ1n) is 14.2. The standard InChI is InChI=1S/C28H40F2N6O10/c1-13(38)31-20-16(39)10-28(24(42)43,46-22(20)21(41)17(40)12-37)45-18-8-7-14(9-15(18)23(29)30)36-11-19(34-35-36)27(5,6)33-25(44)32-26(2,3)4/h7-9,11,16-17,20-23,37,39-41H,10,12H2,1-6H3,(H,31,38)(H,42,43)(H2,32,33,44)/t16-,17+,20+,21+,22+,28+/m0/s1. The van der Waals surface area contributed by atoms with Gasteiger partial charge in [-0.05, 0) is 52.8 Å². The zero-order chi connectivity index (χ0) is 34.8. The number of aliphatic hydroxyl groups excluding tert-OH is 4. The van der Waals surface area contributed by atoms with Gasteiger partial charge >= 0.3 is 17.8 Å². The molecule has 0 spiro atoms. The number of carbonyl (C=O) groups excluding carboxylic acids is 2. The van der Waals surface area contributed by atoms with Gasteiger partial charge < -0.3 is 51.0 Å². The van der Waals surface area contributed by atoms with Crippen LogP contribution >= 0.6 is 0 Å². The number of aromatic nitrogens is 3. The number of carboxylic acid groups (broad SMARTS) is 1. The van der Waals surface area contributed by atoms with Gasteiger partial charge in [0, 0.05) is 12.5 Å². The maximum atomic E-state index is 14.3. The topological polar surface area (TPSA) is 238 Å². The third-order valence-corrected chi connectivity index (χ3v) is 7.00. The number of carboxylic acids is 1. The second kappa shape index (κ2) is 13.8. The first kappa shape index (κ1) is 36.5. The van der Waals surface area contributed by atoms with Gasteiger partial charge in [-0.25, -0.2) is 23.1 Å². The van der Waals surface area contributed by atoms with E-state index >= 15 is 0 Å². The summed E-state index contributed by atoms with van der Waals surface area (Å²) in [6, 6.07) is 1.30. The highest BCUT2D eigenvalue weighted by atomic mass is 19.3. The van der Waals surface area contributed by atoms with Crippen LogP contribution in [0.2, 0.25) is 0 Å². The SMILES string of the molecule is CC(=O)N[C@H]1[C@H]([C@H](O)[C@H](O)CO)O[C@@](Oc2ccc(-n3cc(C(C)(C)NC(=O)NC(C)(C)C)nn3)cc2C(F)F)(C(=O)O)C[C@@H]1O. The molecule has 0 saturated carbocycles. The fraction of sp³-hybridized carbons (Fsp3) is 0.607. The number of urea groups is 1. The lowest BCUT2D eigenvalue weighted by Gasteiger charge is -2.46. The number of hydrogen-bond donors (Lipinski definition) is 8. The van der Waals surface area contributed by atoms with Crippen molar-refractivity contribution in [1.29, 1.82) is 0 Å². The molecule has 1 fully saturated rings. The van der Waals surface area contributed by atoms with Crippen LogP contribution < -0.4 is 20.7 Å². The minimum atomic E-state index is -3.22. The second-order valence-corrected chi connectivity index (χ2v) is 12.5. The summed E-state index contributed by atoms with van der Waals surface area (Å²) >= 11 is 0. The molecule has 1 aliphatic rings. The minimum Gasteiger partial charge on any atom is -0.476 e. The quantitative estimate of drug-likeness (QED) is 0.160. The zero-order valence-electron chi connectivity index (χ0n) is 26.1. The van der Waals surface area contributed by atoms with E-state index in [0.717, 1.165) is 23.7 Å². The molecule has 16 nitrogen and oxygen atoms in total. The van der Waals surface area contributed by atoms with Crippen molar-refractivity contribution in [3.05, 3.63) is 35.7 Å². The van der Waals surface area contributed by atoms with Crippen molar-refractivity contribution in [3.63, 3.8) is 0 Å². The first-order chi connectivity index (χ1) is 21.2. The third kappa shape index (κ3) is 8.43. The number of aliphatic carboxylic acids is 1. The number of halogens is 2. The van der Waals surface area contributed by atoms with Gasteiger partial charge in [-0.3, -0.25) is 4.79 Å². The molecule has 2 heterocycles. The Morgan fingerprint density at radius 1 is 1.17 bits per heavy atom. The van der Waals surface area contributed by atoms with Crippen molar-refractivity contribution < 1.29 is 58.2 Å². The number of amides is 3. The van der Waals surface area contributed by atoms with Crippen LogP contribution in [0.15, 0.2) is 24.4 Å². The van der Waals surface area contributed by atoms with Gasteiger partial charge in [-0.2, -0.15) is 0 Å². The number of benzene rings is 1. The van der Waals surface area contributed by atoms with Gasteiger partial charge in [0.15, 0.2) is 0 Å². The highest BCUT2D eigenvalue weighted by Gasteiger charge is 2.57. The summed E-state index contributed by atoms with van der Waals surface area (Å²) in [5, 5.41) is 66.7. The minimum absolute atomic E-state index is 0.0652. The van der Waals surface area contributed by atoms with Gasteiger partial charge in [0.2, 0.25) is 5.91 Å². The molecule has 3 rings (SSSR count). The summed E-state index contributed by atoms with van der Waals surface area (Å²) in [6.45, 7) is 8.81. The van der Waals surface area contributed by atoms with Crippen LogP contribution in [-0.4, -0.2) is 107 Å². The molecule has 6 atom stereocenters. The highest BCUT2D eigenvalue weighted by molar-refractivity contribution is 5.77. The van der Waals surface area contributed by atoms with E-state index in [0.29, 0.717) is 0 Å². The van der Waals surface area contributed by atoms with Crippen LogP contribution in [-0.2, 0) is 19.9 Å². The average Bonchev–Trinajstić information content (AvgIpc) is 3.43. The maximum Gasteiger partial charge on any atom is 0.377 e. The van der Waals surface area contributed by atoms with Crippen molar-refractivity contribution in [1.82, 2.24) is 30.9 Å². The third-order valence-electron chi connectivity index (χ3n) is 7.00. The molecule has 1 saturated heterocycles. The van der Waals surface area contributed by atoms with E-state index in [1.807, 2.05) is 0 Å². The largest absolute Gasteiger partial charge is 0.476 e. The molecule has 1 aromatic heterocycles. The number of nitrogens with one attached hydrogen (secondary N) is 3. The predicted octanol–water partition coefficient (Wildman–Crippen LogP) is 0.0660. The molecule has 3 amide bonds. The summed E-state index contributed by atoms with van der Waals surface area (Å²) in [6.07, 6.45) is -10.3. The molecule has 18 heteroatoms. The van der Waals surface area contributed by atoms with E-state index in [-0.39, 0.29) is 11.4 Å². The molecule has 8 N–H and O–H groups in total. The first-order valence-corrected chi connectivity index (χ1v) is 14.2. The molecule has 1 aromatic carbocycles. The summed E-state index contributed by atoms with van der Waals surface area (Å²) in [4.78, 5) is 36.6. The molecular weight excluding hydrogens is 618 g/mol. The van der Waals surface area contributed by atoms with Crippen LogP contribution in [0.4, 0.5) is 13.6 Å². The molecule has 256 valence electrons. The number of hydrogen-bond acceptors (Lipinski definition) is 11. The monoisotopic (exact) mass is 658 g/mol. The number of aliphatic hydroxyl groups is 4. The summed E-state index contributed by atoms with van der Waals surface area (Å²) in [5.74, 6) is -6.13. The lowest BCUT2D eigenvalue weighted by Crippen LogP contribution is -2.68. The number of rotatable bonds is 11. The summed E-state index contributed by atoms with van der Waals surface area (Å²) in [7, 11) is 0. The second-order valence-electron chi connectivity index (χ2n) is 12.5. The molecule has 46 heavy (non-hydrogen) atoms. The number of carbonyl (C=O) groups is 3. The number of ether oxygens (including phenoxy) is 2. The summed E-state index contributed by atoms with van der Waals surface area (Å²) in [5.41, 5.74) is -1.99. The van der Waals surface area contributed by atoms with E-state index in [4.69, 9.17) is 9.47 Å². The van der Waals surface area contributed by atoms with Gasteiger partial charge in [0.25, 0.3) is 6.43 Å². The number of alkyl halides is 2. The lowest BCUT2D eigenvalue weighted by atomic mass is 9.88. The van der Waals surface area contributed by atoms with Crippen molar-refractivity contribution in [2.75, 3.05) is 6.61 Å². The van der Waals surface area contributed by atoms with Gasteiger partial charge in [-0.15, -0.1) is 5.10 Å². The fourth-order valence-electron chi connectivity index (χ4n) is 4.75.